The van der Waals surface area contributed by atoms with E-state index in [4.69, 9.17) is 4.98 Å². The van der Waals surface area contributed by atoms with Crippen molar-refractivity contribution in [3.63, 3.8) is 0 Å². The number of nitrogens with one attached hydrogen (secondary N) is 1. The zero-order chi connectivity index (χ0) is 26.1. The molecule has 2 fully saturated rings. The Morgan fingerprint density at radius 1 is 1.30 bits per heavy atom. The number of anilines is 1. The Balaban J connectivity index is 1.57. The van der Waals surface area contributed by atoms with Crippen molar-refractivity contribution in [2.45, 2.75) is 52.5 Å². The summed E-state index contributed by atoms with van der Waals surface area (Å²) in [6, 6.07) is 6.63. The first-order chi connectivity index (χ1) is 17.7. The molecule has 7 heteroatoms. The zero-order valence-corrected chi connectivity index (χ0v) is 22.2. The number of aryl methyl sites for hydroxylation is 2. The Hall–Kier alpha value is -3.50. The minimum atomic E-state index is -0.206. The molecule has 190 valence electrons. The van der Waals surface area contributed by atoms with Gasteiger partial charge in [-0.2, -0.15) is 10.4 Å². The molecule has 6 rings (SSSR count). The summed E-state index contributed by atoms with van der Waals surface area (Å²) in [5, 5.41) is 19.6. The molecule has 2 unspecified atom stereocenters. The van der Waals surface area contributed by atoms with Crippen LogP contribution in [0.4, 0.5) is 5.82 Å². The number of ketones is 1. The van der Waals surface area contributed by atoms with Crippen LogP contribution >= 0.6 is 0 Å². The van der Waals surface area contributed by atoms with Crippen molar-refractivity contribution in [3.05, 3.63) is 53.4 Å². The molecule has 2 atom stereocenters. The van der Waals surface area contributed by atoms with E-state index in [1.807, 2.05) is 17.9 Å². The second kappa shape index (κ2) is 8.26. The van der Waals surface area contributed by atoms with E-state index in [1.165, 1.54) is 11.6 Å². The van der Waals surface area contributed by atoms with Crippen molar-refractivity contribution in [2.24, 2.45) is 17.9 Å². The SMILES string of the molecule is C=CC(=O)C1NCC12CCN(c1nc3c(c(-c4c(C)ccc5cnn(C)c45)c1C#N)CCC(C)(C)C3)C2. The van der Waals surface area contributed by atoms with Crippen molar-refractivity contribution in [1.29, 1.82) is 5.26 Å². The van der Waals surface area contributed by atoms with Crippen LogP contribution in [-0.4, -0.2) is 46.2 Å². The number of carbonyl (C=O) groups is 1. The molecule has 0 radical (unpaired) electrons. The Morgan fingerprint density at radius 3 is 2.81 bits per heavy atom. The highest BCUT2D eigenvalue weighted by Crippen LogP contribution is 2.47. The number of benzene rings is 1. The number of hydrogen-bond donors (Lipinski definition) is 1. The third-order valence-corrected chi connectivity index (χ3v) is 8.98. The van der Waals surface area contributed by atoms with Crippen LogP contribution in [0.2, 0.25) is 0 Å². The summed E-state index contributed by atoms with van der Waals surface area (Å²) in [5.41, 5.74) is 7.28. The molecule has 0 amide bonds. The largest absolute Gasteiger partial charge is 0.355 e. The monoisotopic (exact) mass is 494 g/mol. The van der Waals surface area contributed by atoms with E-state index in [0.29, 0.717) is 12.1 Å². The summed E-state index contributed by atoms with van der Waals surface area (Å²) in [6.45, 7) is 12.7. The lowest BCUT2D eigenvalue weighted by atomic mass is 9.71. The Morgan fingerprint density at radius 2 is 2.11 bits per heavy atom. The fourth-order valence-corrected chi connectivity index (χ4v) is 6.84. The molecule has 37 heavy (non-hydrogen) atoms. The first-order valence-corrected chi connectivity index (χ1v) is 13.2. The number of rotatable bonds is 4. The number of carbonyl (C=O) groups excluding carboxylic acids is 1. The Bertz CT molecular complexity index is 1510. The van der Waals surface area contributed by atoms with E-state index in [0.717, 1.165) is 77.9 Å². The maximum atomic E-state index is 12.5. The van der Waals surface area contributed by atoms with Crippen LogP contribution in [0.1, 0.15) is 49.1 Å². The van der Waals surface area contributed by atoms with Gasteiger partial charge in [0.1, 0.15) is 17.5 Å². The highest BCUT2D eigenvalue weighted by Gasteiger charge is 2.53. The van der Waals surface area contributed by atoms with Gasteiger partial charge >= 0.3 is 0 Å². The third kappa shape index (κ3) is 3.53. The predicted octanol–water partition coefficient (Wildman–Crippen LogP) is 4.25. The molecule has 0 bridgehead atoms. The van der Waals surface area contributed by atoms with Gasteiger partial charge in [-0.05, 0) is 55.2 Å². The van der Waals surface area contributed by atoms with Crippen molar-refractivity contribution in [3.8, 4) is 17.2 Å². The van der Waals surface area contributed by atoms with Crippen molar-refractivity contribution >= 4 is 22.5 Å². The molecule has 1 spiro atoms. The number of nitriles is 1. The van der Waals surface area contributed by atoms with Gasteiger partial charge in [-0.15, -0.1) is 0 Å². The van der Waals surface area contributed by atoms with Crippen LogP contribution in [0, 0.1) is 29.1 Å². The smallest absolute Gasteiger partial charge is 0.172 e. The molecule has 3 aliphatic rings. The average molecular weight is 495 g/mol. The second-order valence-corrected chi connectivity index (χ2v) is 12.0. The van der Waals surface area contributed by atoms with Crippen LogP contribution in [0.15, 0.2) is 31.0 Å². The van der Waals surface area contributed by atoms with E-state index in [1.54, 1.807) is 0 Å². The quantitative estimate of drug-likeness (QED) is 0.546. The molecular formula is C30H34N6O. The Labute approximate surface area is 218 Å². The Kier molecular flexibility index (Phi) is 5.33. The van der Waals surface area contributed by atoms with Crippen molar-refractivity contribution in [2.75, 3.05) is 24.5 Å². The maximum absolute atomic E-state index is 12.5. The summed E-state index contributed by atoms with van der Waals surface area (Å²) >= 11 is 0. The third-order valence-electron chi connectivity index (χ3n) is 8.98. The second-order valence-electron chi connectivity index (χ2n) is 12.0. The normalized spacial score (nSPS) is 24.1. The molecule has 2 aromatic heterocycles. The number of nitrogens with zero attached hydrogens (tertiary/aromatic N) is 5. The van der Waals surface area contributed by atoms with Gasteiger partial charge in [-0.25, -0.2) is 4.98 Å². The van der Waals surface area contributed by atoms with Crippen molar-refractivity contribution in [1.82, 2.24) is 20.1 Å². The molecule has 1 aliphatic carbocycles. The molecule has 7 nitrogen and oxygen atoms in total. The van der Waals surface area contributed by atoms with E-state index < -0.39 is 0 Å². The van der Waals surface area contributed by atoms with Crippen LogP contribution in [0.25, 0.3) is 22.0 Å². The molecule has 3 aromatic rings. The van der Waals surface area contributed by atoms with Crippen LogP contribution in [0.5, 0.6) is 0 Å². The maximum Gasteiger partial charge on any atom is 0.172 e. The van der Waals surface area contributed by atoms with Gasteiger partial charge in [0.2, 0.25) is 0 Å². The fourth-order valence-electron chi connectivity index (χ4n) is 6.84. The van der Waals surface area contributed by atoms with Crippen molar-refractivity contribution < 1.29 is 4.79 Å². The van der Waals surface area contributed by atoms with Gasteiger partial charge in [-0.3, -0.25) is 9.48 Å². The summed E-state index contributed by atoms with van der Waals surface area (Å²) in [6.07, 6.45) is 7.06. The highest BCUT2D eigenvalue weighted by molar-refractivity contribution is 5.99. The van der Waals surface area contributed by atoms with E-state index >= 15 is 0 Å². The minimum Gasteiger partial charge on any atom is -0.355 e. The predicted molar refractivity (Wildman–Crippen MR) is 145 cm³/mol. The molecule has 0 saturated carbocycles. The standard InChI is InChI=1S/C30H34N6O/c1-6-23(37)27-30(16-32-27)11-12-36(17-30)28-21(14-31)25(20-9-10-29(3,4)13-22(20)34-28)24-18(2)7-8-19-15-33-35(5)26(19)24/h6-8,15,27,32H,1,9-13,16-17H2,2-5H3. The van der Waals surface area contributed by atoms with Gasteiger partial charge in [0, 0.05) is 54.3 Å². The fraction of sp³-hybridized carbons (Fsp3) is 0.467. The van der Waals surface area contributed by atoms with Gasteiger partial charge in [0.05, 0.1) is 17.8 Å². The van der Waals surface area contributed by atoms with Gasteiger partial charge in [-0.1, -0.05) is 32.6 Å². The topological polar surface area (TPSA) is 86.8 Å². The average Bonchev–Trinajstić information content (AvgIpc) is 3.48. The molecule has 1 aromatic carbocycles. The van der Waals surface area contributed by atoms with Crippen LogP contribution in [0.3, 0.4) is 0 Å². The number of aromatic nitrogens is 3. The van der Waals surface area contributed by atoms with Gasteiger partial charge in [0.15, 0.2) is 5.78 Å². The summed E-state index contributed by atoms with van der Waals surface area (Å²) in [4.78, 5) is 20.0. The van der Waals surface area contributed by atoms with Gasteiger partial charge < -0.3 is 10.2 Å². The number of pyridine rings is 1. The van der Waals surface area contributed by atoms with E-state index in [-0.39, 0.29) is 22.7 Å². The summed E-state index contributed by atoms with van der Waals surface area (Å²) < 4.78 is 1.93. The van der Waals surface area contributed by atoms with Crippen LogP contribution < -0.4 is 10.2 Å². The summed E-state index contributed by atoms with van der Waals surface area (Å²) in [7, 11) is 1.97. The van der Waals surface area contributed by atoms with E-state index in [9.17, 15) is 10.1 Å². The lowest BCUT2D eigenvalue weighted by Crippen LogP contribution is -2.66. The number of hydrogen-bond acceptors (Lipinski definition) is 6. The first-order valence-electron chi connectivity index (χ1n) is 13.2. The molecule has 2 aliphatic heterocycles. The van der Waals surface area contributed by atoms with Gasteiger partial charge in [0.25, 0.3) is 0 Å². The first kappa shape index (κ1) is 23.9. The van der Waals surface area contributed by atoms with E-state index in [2.05, 4.69) is 60.9 Å². The summed E-state index contributed by atoms with van der Waals surface area (Å²) in [5.74, 6) is 0.814. The number of fused-ring (bicyclic) bond motifs is 2. The molecular weight excluding hydrogens is 460 g/mol. The zero-order valence-electron chi connectivity index (χ0n) is 22.2. The lowest BCUT2D eigenvalue weighted by Gasteiger charge is -2.46. The molecule has 1 N–H and O–H groups in total. The minimum absolute atomic E-state index is 0.0490. The molecule has 2 saturated heterocycles. The molecule has 4 heterocycles. The van der Waals surface area contributed by atoms with Crippen LogP contribution in [-0.2, 0) is 24.7 Å². The highest BCUT2D eigenvalue weighted by atomic mass is 16.1. The lowest BCUT2D eigenvalue weighted by molar-refractivity contribution is -0.122.